The number of halogens is 1. The molecule has 0 aliphatic carbocycles. The van der Waals surface area contributed by atoms with E-state index in [1.165, 1.54) is 18.2 Å². The number of carbonyl (C=O) groups is 3. The minimum atomic E-state index is -0.741. The highest BCUT2D eigenvalue weighted by Gasteiger charge is 2.19. The molecule has 0 spiro atoms. The van der Waals surface area contributed by atoms with Crippen molar-refractivity contribution in [1.29, 1.82) is 0 Å². The smallest absolute Gasteiger partial charge is 0.273 e. The number of para-hydroxylation sites is 1. The van der Waals surface area contributed by atoms with Crippen LogP contribution >= 0.6 is 0 Å². The summed E-state index contributed by atoms with van der Waals surface area (Å²) in [6, 6.07) is 23.9. The third-order valence-electron chi connectivity index (χ3n) is 4.87. The summed E-state index contributed by atoms with van der Waals surface area (Å²) in [5, 5.41) is 6.86. The fourth-order valence-electron chi connectivity index (χ4n) is 3.20. The Bertz CT molecular complexity index is 1320. The summed E-state index contributed by atoms with van der Waals surface area (Å²) in [6.07, 6.45) is 1.57. The van der Waals surface area contributed by atoms with Gasteiger partial charge in [0.15, 0.2) is 0 Å². The van der Waals surface area contributed by atoms with Crippen LogP contribution in [0, 0.1) is 5.82 Å². The molecule has 0 saturated carbocycles. The van der Waals surface area contributed by atoms with Crippen LogP contribution in [-0.4, -0.2) is 34.0 Å². The Morgan fingerprint density at radius 2 is 1.41 bits per heavy atom. The summed E-state index contributed by atoms with van der Waals surface area (Å²) >= 11 is 0. The van der Waals surface area contributed by atoms with Crippen LogP contribution < -0.4 is 16.2 Å². The molecule has 3 N–H and O–H groups in total. The zero-order chi connectivity index (χ0) is 23.9. The van der Waals surface area contributed by atoms with E-state index in [1.807, 2.05) is 60.7 Å². The van der Waals surface area contributed by atoms with Crippen molar-refractivity contribution in [3.05, 3.63) is 108 Å². The van der Waals surface area contributed by atoms with E-state index in [-0.39, 0.29) is 11.1 Å². The molecule has 0 aliphatic heterocycles. The summed E-state index contributed by atoms with van der Waals surface area (Å²) in [6.45, 7) is -0.456. The highest BCUT2D eigenvalue weighted by molar-refractivity contribution is 6.01. The number of hydrazine groups is 1. The van der Waals surface area contributed by atoms with Crippen LogP contribution in [0.2, 0.25) is 0 Å². The van der Waals surface area contributed by atoms with Gasteiger partial charge in [-0.15, -0.1) is 0 Å². The first-order valence-corrected chi connectivity index (χ1v) is 10.4. The molecule has 1 aromatic heterocycles. The molecule has 0 fully saturated rings. The fraction of sp³-hybridized carbons (Fsp3) is 0.0400. The molecule has 0 saturated heterocycles. The lowest BCUT2D eigenvalue weighted by molar-refractivity contribution is -0.120. The van der Waals surface area contributed by atoms with Gasteiger partial charge in [-0.3, -0.25) is 25.2 Å². The first-order valence-electron chi connectivity index (χ1n) is 10.4. The second-order valence-corrected chi connectivity index (χ2v) is 7.20. The molecule has 4 aromatic rings. The molecule has 0 bridgehead atoms. The van der Waals surface area contributed by atoms with Crippen molar-refractivity contribution >= 4 is 17.7 Å². The maximum absolute atomic E-state index is 13.7. The topological polar surface area (TPSA) is 105 Å². The number of hydrogen-bond acceptors (Lipinski definition) is 4. The fourth-order valence-corrected chi connectivity index (χ4v) is 3.20. The standard InChI is InChI=1S/C25H20FN5O3/c26-21-14-8-7-13-19(21)24(33)27-15-22(32)28-29-25(34)20-16-31(18-11-5-2-6-12-18)30-23(20)17-9-3-1-4-10-17/h1-14,16H,15H2,(H,27,33)(H,28,32)(H,29,34). The van der Waals surface area contributed by atoms with Crippen molar-refractivity contribution in [2.24, 2.45) is 0 Å². The first-order chi connectivity index (χ1) is 16.5. The SMILES string of the molecule is O=C(CNC(=O)c1ccccc1F)NNC(=O)c1cn(-c2ccccc2)nc1-c1ccccc1. The third-order valence-corrected chi connectivity index (χ3v) is 4.87. The summed E-state index contributed by atoms with van der Waals surface area (Å²) in [7, 11) is 0. The van der Waals surface area contributed by atoms with Gasteiger partial charge in [0.25, 0.3) is 17.7 Å². The lowest BCUT2D eigenvalue weighted by Crippen LogP contribution is -2.46. The minimum absolute atomic E-state index is 0.180. The maximum atomic E-state index is 13.7. The van der Waals surface area contributed by atoms with Gasteiger partial charge < -0.3 is 5.32 Å². The Balaban J connectivity index is 1.44. The summed E-state index contributed by atoms with van der Waals surface area (Å²) < 4.78 is 15.3. The summed E-state index contributed by atoms with van der Waals surface area (Å²) in [5.41, 5.74) is 6.56. The van der Waals surface area contributed by atoms with Gasteiger partial charge in [0.05, 0.1) is 23.4 Å². The van der Waals surface area contributed by atoms with Crippen molar-refractivity contribution in [1.82, 2.24) is 25.9 Å². The van der Waals surface area contributed by atoms with Crippen LogP contribution in [0.1, 0.15) is 20.7 Å². The summed E-state index contributed by atoms with van der Waals surface area (Å²) in [4.78, 5) is 37.0. The molecule has 34 heavy (non-hydrogen) atoms. The second kappa shape index (κ2) is 10.2. The van der Waals surface area contributed by atoms with Gasteiger partial charge in [-0.2, -0.15) is 5.10 Å². The van der Waals surface area contributed by atoms with E-state index in [1.54, 1.807) is 10.9 Å². The molecule has 3 amide bonds. The van der Waals surface area contributed by atoms with Crippen LogP contribution in [0.3, 0.4) is 0 Å². The number of benzene rings is 3. The normalized spacial score (nSPS) is 10.4. The predicted octanol–water partition coefficient (Wildman–Crippen LogP) is 2.87. The third kappa shape index (κ3) is 5.16. The molecule has 0 unspecified atom stereocenters. The second-order valence-electron chi connectivity index (χ2n) is 7.20. The van der Waals surface area contributed by atoms with Gasteiger partial charge in [0, 0.05) is 11.8 Å². The highest BCUT2D eigenvalue weighted by Crippen LogP contribution is 2.23. The van der Waals surface area contributed by atoms with Crippen LogP contribution in [0.15, 0.2) is 91.1 Å². The monoisotopic (exact) mass is 457 g/mol. The van der Waals surface area contributed by atoms with Crippen molar-refractivity contribution < 1.29 is 18.8 Å². The average molecular weight is 457 g/mol. The van der Waals surface area contributed by atoms with Crippen molar-refractivity contribution in [3.63, 3.8) is 0 Å². The predicted molar refractivity (Wildman–Crippen MR) is 123 cm³/mol. The highest BCUT2D eigenvalue weighted by atomic mass is 19.1. The molecule has 1 heterocycles. The van der Waals surface area contributed by atoms with E-state index >= 15 is 0 Å². The molecule has 170 valence electrons. The molecule has 0 aliphatic rings. The van der Waals surface area contributed by atoms with Gasteiger partial charge >= 0.3 is 0 Å². The zero-order valence-electron chi connectivity index (χ0n) is 17.9. The Kier molecular flexibility index (Phi) is 6.73. The van der Waals surface area contributed by atoms with Crippen molar-refractivity contribution in [2.45, 2.75) is 0 Å². The Labute approximate surface area is 194 Å². The number of nitrogens with zero attached hydrogens (tertiary/aromatic N) is 2. The van der Waals surface area contributed by atoms with Crippen molar-refractivity contribution in [2.75, 3.05) is 6.54 Å². The molecule has 0 radical (unpaired) electrons. The maximum Gasteiger partial charge on any atom is 0.273 e. The average Bonchev–Trinajstić information content (AvgIpc) is 3.33. The lowest BCUT2D eigenvalue weighted by Gasteiger charge is -2.09. The van der Waals surface area contributed by atoms with E-state index in [9.17, 15) is 18.8 Å². The van der Waals surface area contributed by atoms with E-state index in [0.717, 1.165) is 17.3 Å². The molecule has 8 nitrogen and oxygen atoms in total. The van der Waals surface area contributed by atoms with Crippen LogP contribution in [0.25, 0.3) is 16.9 Å². The van der Waals surface area contributed by atoms with E-state index in [2.05, 4.69) is 21.3 Å². The number of nitrogens with one attached hydrogen (secondary N) is 3. The molecule has 0 atom stereocenters. The molecule has 9 heteroatoms. The largest absolute Gasteiger partial charge is 0.343 e. The molecular formula is C25H20FN5O3. The van der Waals surface area contributed by atoms with Crippen molar-refractivity contribution in [3.8, 4) is 16.9 Å². The van der Waals surface area contributed by atoms with Crippen LogP contribution in [0.4, 0.5) is 4.39 Å². The number of amides is 3. The summed E-state index contributed by atoms with van der Waals surface area (Å²) in [5.74, 6) is -2.71. The van der Waals surface area contributed by atoms with Crippen LogP contribution in [-0.2, 0) is 4.79 Å². The van der Waals surface area contributed by atoms with E-state index in [0.29, 0.717) is 5.69 Å². The molecule has 4 rings (SSSR count). The van der Waals surface area contributed by atoms with Gasteiger partial charge in [-0.1, -0.05) is 60.7 Å². The number of aromatic nitrogens is 2. The quantitative estimate of drug-likeness (QED) is 0.387. The van der Waals surface area contributed by atoms with Gasteiger partial charge in [0.2, 0.25) is 0 Å². The number of hydrogen-bond donors (Lipinski definition) is 3. The Morgan fingerprint density at radius 3 is 2.12 bits per heavy atom. The first kappa shape index (κ1) is 22.4. The number of rotatable bonds is 6. The molecule has 3 aromatic carbocycles. The van der Waals surface area contributed by atoms with E-state index in [4.69, 9.17) is 0 Å². The lowest BCUT2D eigenvalue weighted by atomic mass is 10.1. The zero-order valence-corrected chi connectivity index (χ0v) is 17.9. The van der Waals surface area contributed by atoms with Gasteiger partial charge in [-0.05, 0) is 24.3 Å². The minimum Gasteiger partial charge on any atom is -0.343 e. The Hall–Kier alpha value is -4.79. The van der Waals surface area contributed by atoms with E-state index < -0.39 is 30.1 Å². The van der Waals surface area contributed by atoms with Crippen LogP contribution in [0.5, 0.6) is 0 Å². The number of carbonyl (C=O) groups excluding carboxylic acids is 3. The van der Waals surface area contributed by atoms with Gasteiger partial charge in [0.1, 0.15) is 11.5 Å². The molecular weight excluding hydrogens is 437 g/mol. The Morgan fingerprint density at radius 1 is 0.765 bits per heavy atom. The van der Waals surface area contributed by atoms with Gasteiger partial charge in [-0.25, -0.2) is 9.07 Å².